The first-order valence-corrected chi connectivity index (χ1v) is 13.5. The van der Waals surface area contributed by atoms with Gasteiger partial charge >= 0.3 is 13.5 Å². The maximum Gasteiger partial charge on any atom is 0.472 e. The fourth-order valence-electron chi connectivity index (χ4n) is 4.37. The Kier molecular flexibility index (Phi) is 8.83. The standard InChI is InChI=1S/C20H25N6O11PS.H3N/c1-8-3-25(20(31)24-17(8)30)12-2-9(27)10(36-12)4-34-38(32,33)35-5-11-14(28)15(29)19(37-11)26-7-23-13-16(26)21-6-22-18(13)39;/h3,6-7,9-12,14-15,19,27-29H,2,4-5H2,1H3,(H,32,33)(H,21,22,39)(H,24,30,31);1H3. The Labute approximate surface area is 229 Å². The summed E-state index contributed by atoms with van der Waals surface area (Å²) in [6, 6.07) is 0. The van der Waals surface area contributed by atoms with Gasteiger partial charge in [-0.25, -0.2) is 19.3 Å². The van der Waals surface area contributed by atoms with Gasteiger partial charge in [-0.05, 0) is 6.92 Å². The minimum absolute atomic E-state index is 0. The molecule has 2 fully saturated rings. The van der Waals surface area contributed by atoms with Crippen LogP contribution in [-0.4, -0.2) is 93.0 Å². The van der Waals surface area contributed by atoms with Gasteiger partial charge in [0.15, 0.2) is 10.9 Å². The largest absolute Gasteiger partial charge is 0.472 e. The second kappa shape index (κ2) is 11.7. The maximum atomic E-state index is 12.5. The van der Waals surface area contributed by atoms with E-state index in [1.807, 2.05) is 0 Å². The monoisotopic (exact) mass is 605 g/mol. The summed E-state index contributed by atoms with van der Waals surface area (Å²) < 4.78 is 36.4. The third-order valence-corrected chi connectivity index (χ3v) is 7.70. The van der Waals surface area contributed by atoms with Crippen LogP contribution in [0.3, 0.4) is 0 Å². The topological polar surface area (TPSA) is 271 Å². The summed E-state index contributed by atoms with van der Waals surface area (Å²) in [5.41, 5.74) is -0.297. The molecule has 8 unspecified atom stereocenters. The third kappa shape index (κ3) is 5.85. The first kappa shape index (κ1) is 30.3. The lowest BCUT2D eigenvalue weighted by molar-refractivity contribution is -0.0597. The number of aromatic nitrogens is 6. The highest BCUT2D eigenvalue weighted by molar-refractivity contribution is 7.71. The third-order valence-electron chi connectivity index (χ3n) is 6.45. The van der Waals surface area contributed by atoms with Crippen LogP contribution < -0.4 is 17.4 Å². The minimum Gasteiger partial charge on any atom is -0.390 e. The number of hydrogen-bond donors (Lipinski definition) is 7. The van der Waals surface area contributed by atoms with Gasteiger partial charge in [0.2, 0.25) is 0 Å². The van der Waals surface area contributed by atoms with Crippen molar-refractivity contribution in [1.29, 1.82) is 0 Å². The molecule has 9 N–H and O–H groups in total. The summed E-state index contributed by atoms with van der Waals surface area (Å²) in [4.78, 5) is 46.8. The fraction of sp³-hybridized carbons (Fsp3) is 0.550. The molecule has 0 radical (unpaired) electrons. The van der Waals surface area contributed by atoms with E-state index >= 15 is 0 Å². The summed E-state index contributed by atoms with van der Waals surface area (Å²) in [5, 5.41) is 31.3. The highest BCUT2D eigenvalue weighted by atomic mass is 32.1. The number of imidazole rings is 1. The average molecular weight is 606 g/mol. The molecule has 2 saturated heterocycles. The van der Waals surface area contributed by atoms with Gasteiger partial charge in [0.1, 0.15) is 41.8 Å². The molecule has 40 heavy (non-hydrogen) atoms. The first-order valence-electron chi connectivity index (χ1n) is 11.6. The van der Waals surface area contributed by atoms with E-state index in [4.69, 9.17) is 30.7 Å². The van der Waals surface area contributed by atoms with Gasteiger partial charge in [0.25, 0.3) is 5.56 Å². The second-order valence-corrected chi connectivity index (χ2v) is 10.9. The van der Waals surface area contributed by atoms with E-state index in [1.54, 1.807) is 0 Å². The van der Waals surface area contributed by atoms with Crippen LogP contribution in [0.2, 0.25) is 0 Å². The van der Waals surface area contributed by atoms with Gasteiger partial charge in [0, 0.05) is 18.2 Å². The van der Waals surface area contributed by atoms with E-state index in [2.05, 4.69) is 19.9 Å². The lowest BCUT2D eigenvalue weighted by atomic mass is 10.1. The van der Waals surface area contributed by atoms with Crippen molar-refractivity contribution in [2.45, 2.75) is 56.3 Å². The number of nitrogens with one attached hydrogen (secondary N) is 2. The Balaban J connectivity index is 0.00000370. The number of aryl methyl sites for hydroxylation is 1. The molecule has 5 heterocycles. The van der Waals surface area contributed by atoms with Crippen molar-refractivity contribution >= 4 is 31.2 Å². The number of hydrogen-bond acceptors (Lipinski definition) is 14. The van der Waals surface area contributed by atoms with E-state index in [-0.39, 0.29) is 22.8 Å². The van der Waals surface area contributed by atoms with Crippen LogP contribution in [0.1, 0.15) is 24.4 Å². The van der Waals surface area contributed by atoms with Gasteiger partial charge in [0.05, 0.1) is 32.0 Å². The van der Waals surface area contributed by atoms with Gasteiger partial charge in [-0.2, -0.15) is 0 Å². The number of H-pyrrole nitrogens is 2. The van der Waals surface area contributed by atoms with Gasteiger partial charge in [-0.1, -0.05) is 12.2 Å². The van der Waals surface area contributed by atoms with Crippen LogP contribution in [0.15, 0.2) is 28.4 Å². The molecule has 5 rings (SSSR count). The quantitative estimate of drug-likeness (QED) is 0.119. The molecule has 220 valence electrons. The summed E-state index contributed by atoms with van der Waals surface area (Å²) in [5.74, 6) is 0. The summed E-state index contributed by atoms with van der Waals surface area (Å²) in [6.07, 6.45) is -4.53. The highest BCUT2D eigenvalue weighted by Crippen LogP contribution is 2.45. The van der Waals surface area contributed by atoms with Crippen LogP contribution >= 0.6 is 20.0 Å². The smallest absolute Gasteiger partial charge is 0.390 e. The summed E-state index contributed by atoms with van der Waals surface area (Å²) in [6.45, 7) is 0.294. The van der Waals surface area contributed by atoms with Crippen molar-refractivity contribution in [3.63, 3.8) is 0 Å². The number of aliphatic hydroxyl groups is 3. The lowest BCUT2D eigenvalue weighted by Gasteiger charge is -2.20. The number of phosphoric ester groups is 1. The van der Waals surface area contributed by atoms with Crippen LogP contribution in [0, 0.1) is 11.6 Å². The van der Waals surface area contributed by atoms with Crippen molar-refractivity contribution in [3.05, 3.63) is 49.9 Å². The highest BCUT2D eigenvalue weighted by Gasteiger charge is 2.45. The Bertz CT molecular complexity index is 1590. The van der Waals surface area contributed by atoms with Crippen LogP contribution in [0.25, 0.3) is 11.2 Å². The predicted molar refractivity (Wildman–Crippen MR) is 136 cm³/mol. The zero-order chi connectivity index (χ0) is 28.1. The molecule has 2 aliphatic heterocycles. The minimum atomic E-state index is -4.74. The zero-order valence-electron chi connectivity index (χ0n) is 20.9. The van der Waals surface area contributed by atoms with E-state index in [9.17, 15) is 34.4 Å². The maximum absolute atomic E-state index is 12.5. The Morgan fingerprint density at radius 3 is 2.55 bits per heavy atom. The molecule has 20 heteroatoms. The molecule has 0 saturated carbocycles. The van der Waals surface area contributed by atoms with E-state index < -0.39 is 75.3 Å². The zero-order valence-corrected chi connectivity index (χ0v) is 22.6. The van der Waals surface area contributed by atoms with E-state index in [0.717, 1.165) is 4.57 Å². The Morgan fingerprint density at radius 2 is 1.82 bits per heavy atom. The molecule has 0 aromatic carbocycles. The molecule has 0 amide bonds. The van der Waals surface area contributed by atoms with Crippen molar-refractivity contribution in [3.8, 4) is 0 Å². The first-order chi connectivity index (χ1) is 18.4. The van der Waals surface area contributed by atoms with Gasteiger partial charge in [-0.15, -0.1) is 0 Å². The predicted octanol–water partition coefficient (Wildman–Crippen LogP) is -1.09. The number of ether oxygens (including phenoxy) is 2. The lowest BCUT2D eigenvalue weighted by Crippen LogP contribution is -2.34. The number of aliphatic hydroxyl groups excluding tert-OH is 3. The van der Waals surface area contributed by atoms with Crippen molar-refractivity contribution in [2.75, 3.05) is 13.2 Å². The molecule has 0 bridgehead atoms. The number of fused-ring (bicyclic) bond motifs is 1. The van der Waals surface area contributed by atoms with Gasteiger partial charge in [-0.3, -0.25) is 28.0 Å². The van der Waals surface area contributed by atoms with E-state index in [1.165, 1.54) is 30.3 Å². The Hall–Kier alpha value is -2.68. The summed E-state index contributed by atoms with van der Waals surface area (Å²) in [7, 11) is -4.74. The number of phosphoric acid groups is 1. The molecule has 0 spiro atoms. The molecule has 3 aromatic heterocycles. The molecular weight excluding hydrogens is 577 g/mol. The normalized spacial score (nSPS) is 29.9. The number of rotatable bonds is 8. The molecular formula is C20H28N7O11PS. The summed E-state index contributed by atoms with van der Waals surface area (Å²) >= 11 is 5.11. The molecule has 8 atom stereocenters. The molecule has 18 nitrogen and oxygen atoms in total. The van der Waals surface area contributed by atoms with Crippen molar-refractivity contribution < 1.29 is 43.3 Å². The number of aromatic amines is 2. The van der Waals surface area contributed by atoms with E-state index in [0.29, 0.717) is 11.2 Å². The Morgan fingerprint density at radius 1 is 1.12 bits per heavy atom. The van der Waals surface area contributed by atoms with Gasteiger partial charge < -0.3 is 40.8 Å². The SMILES string of the molecule is Cc1cn(C2CC(O)C(COP(=O)(O)OCC3OC(n4cnc5c(=S)nc[nH]c54)C(O)C3O)O2)c(=O)[nH]c1=O.N. The average Bonchev–Trinajstić information content (AvgIpc) is 3.56. The van der Waals surface area contributed by atoms with Crippen LogP contribution in [0.4, 0.5) is 0 Å². The second-order valence-electron chi connectivity index (χ2n) is 9.07. The van der Waals surface area contributed by atoms with Crippen molar-refractivity contribution in [1.82, 2.24) is 35.2 Å². The fourth-order valence-corrected chi connectivity index (χ4v) is 5.32. The van der Waals surface area contributed by atoms with Crippen LogP contribution in [0.5, 0.6) is 0 Å². The molecule has 3 aromatic rings. The molecule has 2 aliphatic rings. The number of nitrogens with zero attached hydrogens (tertiary/aromatic N) is 4. The molecule has 0 aliphatic carbocycles. The van der Waals surface area contributed by atoms with Crippen molar-refractivity contribution in [2.24, 2.45) is 0 Å². The van der Waals surface area contributed by atoms with Crippen LogP contribution in [-0.2, 0) is 23.1 Å².